The van der Waals surface area contributed by atoms with Crippen molar-refractivity contribution < 1.29 is 9.18 Å². The fraction of sp³-hybridized carbons (Fsp3) is 0.353. The summed E-state index contributed by atoms with van der Waals surface area (Å²) in [6.45, 7) is 9.87. The van der Waals surface area contributed by atoms with Crippen LogP contribution in [0.4, 0.5) is 4.39 Å². The number of hydrogen-bond donors (Lipinski definition) is 1. The quantitative estimate of drug-likeness (QED) is 0.616. The van der Waals surface area contributed by atoms with Crippen molar-refractivity contribution in [1.29, 1.82) is 0 Å². The largest absolute Gasteiger partial charge is 0.349 e. The van der Waals surface area contributed by atoms with E-state index in [1.807, 2.05) is 25.3 Å². The standard InChI is InChI=1S/C17H21FN4OS/c1-5-10-22-13(4)20-21-17(22)24-12(3)16(23)19-11(2)14-6-8-15(18)9-7-14/h5-9,11-12H,1,10H2,2-4H3,(H,19,23). The first-order valence-corrected chi connectivity index (χ1v) is 8.53. The van der Waals surface area contributed by atoms with E-state index in [2.05, 4.69) is 22.1 Å². The Bertz CT molecular complexity index is 714. The Labute approximate surface area is 145 Å². The first-order valence-electron chi connectivity index (χ1n) is 7.65. The SMILES string of the molecule is C=CCn1c(C)nnc1SC(C)C(=O)NC(C)c1ccc(F)cc1. The number of aromatic nitrogens is 3. The number of carbonyl (C=O) groups excluding carboxylic acids is 1. The molecule has 0 saturated carbocycles. The average molecular weight is 348 g/mol. The minimum absolute atomic E-state index is 0.109. The molecule has 0 aliphatic carbocycles. The van der Waals surface area contributed by atoms with E-state index < -0.39 is 0 Å². The third-order valence-electron chi connectivity index (χ3n) is 3.59. The van der Waals surface area contributed by atoms with E-state index in [9.17, 15) is 9.18 Å². The molecule has 2 aromatic rings. The number of nitrogens with zero attached hydrogens (tertiary/aromatic N) is 3. The maximum absolute atomic E-state index is 13.0. The van der Waals surface area contributed by atoms with Crippen molar-refractivity contribution in [3.05, 3.63) is 54.1 Å². The van der Waals surface area contributed by atoms with Crippen LogP contribution in [0, 0.1) is 12.7 Å². The molecule has 1 N–H and O–H groups in total. The Hall–Kier alpha value is -2.15. The van der Waals surface area contributed by atoms with Gasteiger partial charge in [-0.15, -0.1) is 16.8 Å². The Morgan fingerprint density at radius 2 is 2.04 bits per heavy atom. The molecule has 1 aromatic heterocycles. The van der Waals surface area contributed by atoms with Gasteiger partial charge in [-0.1, -0.05) is 30.0 Å². The summed E-state index contributed by atoms with van der Waals surface area (Å²) in [4.78, 5) is 12.4. The first kappa shape index (κ1) is 18.2. The van der Waals surface area contributed by atoms with Crippen LogP contribution in [0.25, 0.3) is 0 Å². The van der Waals surface area contributed by atoms with Crippen LogP contribution in [0.3, 0.4) is 0 Å². The molecule has 0 spiro atoms. The molecule has 1 heterocycles. The molecule has 2 atom stereocenters. The topological polar surface area (TPSA) is 59.8 Å². The molecule has 24 heavy (non-hydrogen) atoms. The second kappa shape index (κ2) is 8.10. The average Bonchev–Trinajstić information content (AvgIpc) is 2.89. The highest BCUT2D eigenvalue weighted by molar-refractivity contribution is 8.00. The van der Waals surface area contributed by atoms with Gasteiger partial charge in [0.25, 0.3) is 0 Å². The zero-order chi connectivity index (χ0) is 17.7. The fourth-order valence-electron chi connectivity index (χ4n) is 2.17. The van der Waals surface area contributed by atoms with E-state index in [1.54, 1.807) is 18.2 Å². The number of aryl methyl sites for hydroxylation is 1. The number of nitrogens with one attached hydrogen (secondary N) is 1. The summed E-state index contributed by atoms with van der Waals surface area (Å²) < 4.78 is 14.9. The highest BCUT2D eigenvalue weighted by Gasteiger charge is 2.20. The van der Waals surface area contributed by atoms with Crippen LogP contribution in [0.1, 0.15) is 31.3 Å². The molecule has 1 aromatic carbocycles. The molecule has 0 bridgehead atoms. The summed E-state index contributed by atoms with van der Waals surface area (Å²) in [7, 11) is 0. The number of allylic oxidation sites excluding steroid dienone is 1. The van der Waals surface area contributed by atoms with Crippen LogP contribution in [0.5, 0.6) is 0 Å². The Kier molecular flexibility index (Phi) is 6.14. The van der Waals surface area contributed by atoms with Crippen LogP contribution >= 0.6 is 11.8 Å². The zero-order valence-electron chi connectivity index (χ0n) is 14.0. The van der Waals surface area contributed by atoms with Crippen molar-refractivity contribution in [2.75, 3.05) is 0 Å². The Morgan fingerprint density at radius 1 is 1.38 bits per heavy atom. The van der Waals surface area contributed by atoms with Gasteiger partial charge >= 0.3 is 0 Å². The molecule has 7 heteroatoms. The predicted octanol–water partition coefficient (Wildman–Crippen LogP) is 3.27. The van der Waals surface area contributed by atoms with Crippen LogP contribution in [-0.2, 0) is 11.3 Å². The van der Waals surface area contributed by atoms with Crippen molar-refractivity contribution >= 4 is 17.7 Å². The van der Waals surface area contributed by atoms with Crippen molar-refractivity contribution in [1.82, 2.24) is 20.1 Å². The van der Waals surface area contributed by atoms with Gasteiger partial charge in [-0.05, 0) is 38.5 Å². The van der Waals surface area contributed by atoms with Gasteiger partial charge in [0, 0.05) is 6.54 Å². The fourth-order valence-corrected chi connectivity index (χ4v) is 3.08. The lowest BCUT2D eigenvalue weighted by molar-refractivity contribution is -0.120. The molecule has 0 fully saturated rings. The third kappa shape index (κ3) is 4.44. The maximum atomic E-state index is 13.0. The Morgan fingerprint density at radius 3 is 2.67 bits per heavy atom. The highest BCUT2D eigenvalue weighted by atomic mass is 32.2. The van der Waals surface area contributed by atoms with Crippen LogP contribution in [0.15, 0.2) is 42.1 Å². The summed E-state index contributed by atoms with van der Waals surface area (Å²) in [6, 6.07) is 5.91. The molecule has 0 saturated heterocycles. The van der Waals surface area contributed by atoms with Gasteiger partial charge in [-0.2, -0.15) is 0 Å². The van der Waals surface area contributed by atoms with Crippen LogP contribution < -0.4 is 5.32 Å². The molecule has 0 aliphatic rings. The third-order valence-corrected chi connectivity index (χ3v) is 4.67. The Balaban J connectivity index is 1.99. The highest BCUT2D eigenvalue weighted by Crippen LogP contribution is 2.23. The maximum Gasteiger partial charge on any atom is 0.233 e. The number of rotatable bonds is 7. The molecule has 0 radical (unpaired) electrons. The molecule has 5 nitrogen and oxygen atoms in total. The molecule has 1 amide bonds. The zero-order valence-corrected chi connectivity index (χ0v) is 14.8. The first-order chi connectivity index (χ1) is 11.4. The van der Waals surface area contributed by atoms with E-state index >= 15 is 0 Å². The number of hydrogen-bond acceptors (Lipinski definition) is 4. The number of amides is 1. The smallest absolute Gasteiger partial charge is 0.233 e. The number of benzene rings is 1. The van der Waals surface area contributed by atoms with Gasteiger partial charge in [-0.25, -0.2) is 4.39 Å². The van der Waals surface area contributed by atoms with Crippen molar-refractivity contribution in [3.8, 4) is 0 Å². The van der Waals surface area contributed by atoms with Crippen molar-refractivity contribution in [3.63, 3.8) is 0 Å². The summed E-state index contributed by atoms with van der Waals surface area (Å²) >= 11 is 1.35. The second-order valence-corrected chi connectivity index (χ2v) is 6.78. The van der Waals surface area contributed by atoms with Gasteiger partial charge in [0.15, 0.2) is 5.16 Å². The lowest BCUT2D eigenvalue weighted by atomic mass is 10.1. The van der Waals surface area contributed by atoms with Gasteiger partial charge in [0.1, 0.15) is 11.6 Å². The van der Waals surface area contributed by atoms with Crippen LogP contribution in [-0.4, -0.2) is 25.9 Å². The van der Waals surface area contributed by atoms with Gasteiger partial charge in [0.05, 0.1) is 11.3 Å². The predicted molar refractivity (Wildman–Crippen MR) is 93.2 cm³/mol. The monoisotopic (exact) mass is 348 g/mol. The van der Waals surface area contributed by atoms with Crippen LogP contribution in [0.2, 0.25) is 0 Å². The number of halogens is 1. The van der Waals surface area contributed by atoms with E-state index in [1.165, 1.54) is 23.9 Å². The summed E-state index contributed by atoms with van der Waals surface area (Å²) in [6.07, 6.45) is 1.77. The minimum Gasteiger partial charge on any atom is -0.349 e. The summed E-state index contributed by atoms with van der Waals surface area (Å²) in [5.74, 6) is 0.380. The van der Waals surface area contributed by atoms with E-state index in [-0.39, 0.29) is 23.0 Å². The molecular formula is C17H21FN4OS. The molecular weight excluding hydrogens is 327 g/mol. The van der Waals surface area contributed by atoms with E-state index in [4.69, 9.17) is 0 Å². The molecule has 128 valence electrons. The minimum atomic E-state index is -0.333. The van der Waals surface area contributed by atoms with E-state index in [0.29, 0.717) is 11.7 Å². The summed E-state index contributed by atoms with van der Waals surface area (Å²) in [5, 5.41) is 11.4. The number of carbonyl (C=O) groups is 1. The summed E-state index contributed by atoms with van der Waals surface area (Å²) in [5.41, 5.74) is 0.854. The lowest BCUT2D eigenvalue weighted by Crippen LogP contribution is -2.33. The van der Waals surface area contributed by atoms with Crippen molar-refractivity contribution in [2.24, 2.45) is 0 Å². The van der Waals surface area contributed by atoms with Crippen molar-refractivity contribution in [2.45, 2.75) is 43.8 Å². The van der Waals surface area contributed by atoms with Gasteiger partial charge in [-0.3, -0.25) is 4.79 Å². The number of thioether (sulfide) groups is 1. The van der Waals surface area contributed by atoms with Gasteiger partial charge in [0.2, 0.25) is 5.91 Å². The van der Waals surface area contributed by atoms with Gasteiger partial charge < -0.3 is 9.88 Å². The molecule has 0 aliphatic heterocycles. The van der Waals surface area contributed by atoms with E-state index in [0.717, 1.165) is 11.4 Å². The lowest BCUT2D eigenvalue weighted by Gasteiger charge is -2.17. The molecule has 2 unspecified atom stereocenters. The molecule has 2 rings (SSSR count). The normalized spacial score (nSPS) is 13.3. The second-order valence-electron chi connectivity index (χ2n) is 5.47.